The van der Waals surface area contributed by atoms with Gasteiger partial charge in [0.15, 0.2) is 0 Å². The van der Waals surface area contributed by atoms with Crippen molar-refractivity contribution in [3.8, 4) is 11.8 Å². The quantitative estimate of drug-likeness (QED) is 0.442. The molecule has 0 aliphatic carbocycles. The Morgan fingerprint density at radius 1 is 1.14 bits per heavy atom. The maximum Gasteiger partial charge on any atom is 0.573 e. The van der Waals surface area contributed by atoms with Gasteiger partial charge in [0.05, 0.1) is 7.11 Å². The Labute approximate surface area is 205 Å². The minimum atomic E-state index is -4.73. The number of carboxylic acids is 1. The van der Waals surface area contributed by atoms with Gasteiger partial charge in [0, 0.05) is 25.1 Å². The lowest BCUT2D eigenvalue weighted by Crippen LogP contribution is -2.36. The number of hydrogen-bond donors (Lipinski definition) is 2. The van der Waals surface area contributed by atoms with Crippen LogP contribution in [-0.2, 0) is 11.2 Å². The fourth-order valence-electron chi connectivity index (χ4n) is 4.22. The van der Waals surface area contributed by atoms with Crippen LogP contribution in [0.2, 0.25) is 0 Å². The Balaban J connectivity index is 1.45. The molecule has 2 aromatic carbocycles. The van der Waals surface area contributed by atoms with Crippen molar-refractivity contribution in [1.29, 1.82) is 0 Å². The number of aromatic nitrogens is 2. The molecule has 1 aliphatic heterocycles. The van der Waals surface area contributed by atoms with Gasteiger partial charge in [0.25, 0.3) is 0 Å². The van der Waals surface area contributed by atoms with E-state index in [0.29, 0.717) is 37.6 Å². The number of aliphatic carboxylic acids is 1. The van der Waals surface area contributed by atoms with Crippen LogP contribution in [0.3, 0.4) is 0 Å². The molecule has 0 spiro atoms. The summed E-state index contributed by atoms with van der Waals surface area (Å²) in [4.78, 5) is 22.4. The first kappa shape index (κ1) is 25.1. The van der Waals surface area contributed by atoms with Crippen LogP contribution < -0.4 is 19.7 Å². The third kappa shape index (κ3) is 6.35. The van der Waals surface area contributed by atoms with E-state index in [9.17, 15) is 23.1 Å². The van der Waals surface area contributed by atoms with Gasteiger partial charge < -0.3 is 24.8 Å². The number of hydrogen-bond acceptors (Lipinski definition) is 7. The van der Waals surface area contributed by atoms with Crippen molar-refractivity contribution in [2.24, 2.45) is 0 Å². The van der Waals surface area contributed by atoms with Crippen LogP contribution in [0.5, 0.6) is 11.8 Å². The lowest BCUT2D eigenvalue weighted by atomic mass is 9.96. The van der Waals surface area contributed by atoms with E-state index in [4.69, 9.17) is 4.74 Å². The summed E-state index contributed by atoms with van der Waals surface area (Å²) in [6.07, 6.45) is -3.78. The van der Waals surface area contributed by atoms with Crippen LogP contribution in [-0.4, -0.2) is 53.6 Å². The Kier molecular flexibility index (Phi) is 7.47. The third-order valence-corrected chi connectivity index (χ3v) is 5.90. The van der Waals surface area contributed by atoms with E-state index in [1.807, 2.05) is 30.3 Å². The fraction of sp³-hybridized carbons (Fsp3) is 0.320. The first-order valence-corrected chi connectivity index (χ1v) is 11.3. The second-order valence-electron chi connectivity index (χ2n) is 8.32. The Bertz CT molecular complexity index is 1180. The molecule has 190 valence electrons. The van der Waals surface area contributed by atoms with E-state index in [0.717, 1.165) is 11.1 Å². The van der Waals surface area contributed by atoms with Crippen LogP contribution in [0.4, 0.5) is 24.8 Å². The normalized spacial score (nSPS) is 17.6. The smallest absolute Gasteiger partial charge is 0.480 e. The molecule has 1 aliphatic rings. The van der Waals surface area contributed by atoms with Gasteiger partial charge >= 0.3 is 18.3 Å². The van der Waals surface area contributed by atoms with Crippen molar-refractivity contribution in [2.45, 2.75) is 31.2 Å². The highest BCUT2D eigenvalue weighted by molar-refractivity contribution is 5.79. The summed E-state index contributed by atoms with van der Waals surface area (Å²) in [6.45, 7) is 0.904. The van der Waals surface area contributed by atoms with Gasteiger partial charge in [0.1, 0.15) is 23.4 Å². The maximum absolute atomic E-state index is 12.3. The fourth-order valence-corrected chi connectivity index (χ4v) is 4.22. The predicted molar refractivity (Wildman–Crippen MR) is 126 cm³/mol. The van der Waals surface area contributed by atoms with Gasteiger partial charge in [-0.2, -0.15) is 9.97 Å². The molecule has 0 bridgehead atoms. The summed E-state index contributed by atoms with van der Waals surface area (Å²) >= 11 is 0. The Morgan fingerprint density at radius 3 is 2.50 bits per heavy atom. The van der Waals surface area contributed by atoms with E-state index in [2.05, 4.69) is 20.0 Å². The second kappa shape index (κ2) is 10.7. The zero-order chi connectivity index (χ0) is 25.7. The van der Waals surface area contributed by atoms with Crippen molar-refractivity contribution >= 4 is 17.6 Å². The number of alkyl halides is 3. The van der Waals surface area contributed by atoms with Crippen LogP contribution in [0.25, 0.3) is 0 Å². The number of anilines is 2. The van der Waals surface area contributed by atoms with Gasteiger partial charge in [-0.25, -0.2) is 4.79 Å². The molecule has 36 heavy (non-hydrogen) atoms. The van der Waals surface area contributed by atoms with Gasteiger partial charge in [-0.15, -0.1) is 13.2 Å². The van der Waals surface area contributed by atoms with Crippen LogP contribution in [0.15, 0.2) is 60.7 Å². The van der Waals surface area contributed by atoms with Gasteiger partial charge in [0.2, 0.25) is 0 Å². The van der Waals surface area contributed by atoms with E-state index >= 15 is 0 Å². The SMILES string of the molecule is COc1nc(NCCc2ccc(OC(F)(F)F)cc2)cc(N2CC(c3ccccc3)CC2C(=O)O)n1. The lowest BCUT2D eigenvalue weighted by molar-refractivity contribution is -0.274. The van der Waals surface area contributed by atoms with E-state index in [-0.39, 0.29) is 17.7 Å². The molecule has 0 amide bonds. The number of methoxy groups -OCH3 is 1. The number of nitrogens with one attached hydrogen (secondary N) is 1. The number of nitrogens with zero attached hydrogens (tertiary/aromatic N) is 3. The molecule has 0 radical (unpaired) electrons. The van der Waals surface area contributed by atoms with Gasteiger partial charge in [-0.3, -0.25) is 0 Å². The monoisotopic (exact) mass is 502 g/mol. The molecule has 2 N–H and O–H groups in total. The molecule has 1 fully saturated rings. The van der Waals surface area contributed by atoms with E-state index in [1.54, 1.807) is 23.1 Å². The van der Waals surface area contributed by atoms with Crippen molar-refractivity contribution in [2.75, 3.05) is 30.4 Å². The summed E-state index contributed by atoms with van der Waals surface area (Å²) < 4.78 is 46.1. The Morgan fingerprint density at radius 2 is 1.86 bits per heavy atom. The molecule has 3 aromatic rings. The first-order valence-electron chi connectivity index (χ1n) is 11.3. The van der Waals surface area contributed by atoms with Gasteiger partial charge in [-0.05, 0) is 36.1 Å². The van der Waals surface area contributed by atoms with Crippen LogP contribution in [0.1, 0.15) is 23.5 Å². The number of benzene rings is 2. The summed E-state index contributed by atoms with van der Waals surface area (Å²) in [5.74, 6) is -0.297. The topological polar surface area (TPSA) is 96.8 Å². The Hall–Kier alpha value is -4.02. The van der Waals surface area contributed by atoms with Gasteiger partial charge in [-0.1, -0.05) is 42.5 Å². The summed E-state index contributed by atoms with van der Waals surface area (Å²) in [7, 11) is 1.43. The number of halogens is 3. The highest BCUT2D eigenvalue weighted by atomic mass is 19.4. The maximum atomic E-state index is 12.3. The van der Waals surface area contributed by atoms with Crippen molar-refractivity contribution in [3.05, 3.63) is 71.8 Å². The molecule has 2 atom stereocenters. The van der Waals surface area contributed by atoms with Crippen molar-refractivity contribution < 1.29 is 32.5 Å². The predicted octanol–water partition coefficient (Wildman–Crippen LogP) is 4.49. The molecule has 8 nitrogen and oxygen atoms in total. The standard InChI is InChI=1S/C25H25F3N4O4/c1-35-24-30-21(29-12-11-16-7-9-19(10-8-16)36-25(26,27)28)14-22(31-24)32-15-18(13-20(32)23(33)34)17-5-3-2-4-6-17/h2-10,14,18,20H,11-13,15H2,1H3,(H,33,34)(H,29,30,31). The number of ether oxygens (including phenoxy) is 2. The minimum absolute atomic E-state index is 0.0361. The summed E-state index contributed by atoms with van der Waals surface area (Å²) in [5.41, 5.74) is 1.87. The number of carboxylic acid groups (broad SMARTS) is 1. The average molecular weight is 502 g/mol. The zero-order valence-corrected chi connectivity index (χ0v) is 19.4. The molecule has 2 unspecified atom stereocenters. The first-order chi connectivity index (χ1) is 17.2. The molecule has 1 saturated heterocycles. The minimum Gasteiger partial charge on any atom is -0.480 e. The lowest BCUT2D eigenvalue weighted by Gasteiger charge is -2.23. The molecule has 4 rings (SSSR count). The average Bonchev–Trinajstić information content (AvgIpc) is 3.31. The molecule has 0 saturated carbocycles. The molecular weight excluding hydrogens is 477 g/mol. The van der Waals surface area contributed by atoms with Crippen molar-refractivity contribution in [1.82, 2.24) is 9.97 Å². The van der Waals surface area contributed by atoms with E-state index < -0.39 is 18.4 Å². The molecule has 2 heterocycles. The van der Waals surface area contributed by atoms with Crippen molar-refractivity contribution in [3.63, 3.8) is 0 Å². The highest BCUT2D eigenvalue weighted by Crippen LogP contribution is 2.35. The molecular formula is C25H25F3N4O4. The van der Waals surface area contributed by atoms with Crippen LogP contribution in [0, 0.1) is 0 Å². The zero-order valence-electron chi connectivity index (χ0n) is 19.4. The van der Waals surface area contributed by atoms with E-state index in [1.165, 1.54) is 19.2 Å². The molecule has 11 heteroatoms. The third-order valence-electron chi connectivity index (χ3n) is 5.90. The molecule has 1 aromatic heterocycles. The number of carbonyl (C=O) groups is 1. The summed E-state index contributed by atoms with van der Waals surface area (Å²) in [5, 5.41) is 13.0. The number of rotatable bonds is 9. The van der Waals surface area contributed by atoms with Crippen LogP contribution >= 0.6 is 0 Å². The summed E-state index contributed by atoms with van der Waals surface area (Å²) in [6, 6.07) is 16.4. The second-order valence-corrected chi connectivity index (χ2v) is 8.32. The largest absolute Gasteiger partial charge is 0.573 e. The highest BCUT2D eigenvalue weighted by Gasteiger charge is 2.38.